The molecule has 9 heavy (non-hydrogen) atoms. The molecule has 0 atom stereocenters. The van der Waals surface area contributed by atoms with E-state index in [1.54, 1.807) is 0 Å². The van der Waals surface area contributed by atoms with Crippen molar-refractivity contribution in [1.29, 1.82) is 0 Å². The Kier molecular flexibility index (Phi) is 10.1. The van der Waals surface area contributed by atoms with Gasteiger partial charge in [0.1, 0.15) is 0 Å². The van der Waals surface area contributed by atoms with Crippen LogP contribution in [0.25, 0.3) is 0 Å². The van der Waals surface area contributed by atoms with E-state index in [-0.39, 0.29) is 0 Å². The third kappa shape index (κ3) is 9.04. The molecule has 0 aromatic heterocycles. The standard InChI is InChI=1S/C4H8O2.Cl2Ge/c1-2-6-4-3-5-1;1-3-2/h1-4H2;. The first-order chi connectivity index (χ1) is 4.41. The number of ether oxygens (including phenoxy) is 2. The monoisotopic (exact) mass is 232 g/mol. The first-order valence-corrected chi connectivity index (χ1v) is 8.05. The molecular formula is C4H8Cl2GeO2. The van der Waals surface area contributed by atoms with Gasteiger partial charge in [0.05, 0.1) is 26.4 Å². The Hall–Kier alpha value is 1.04. The summed E-state index contributed by atoms with van der Waals surface area (Å²) in [5, 5.41) is 0. The van der Waals surface area contributed by atoms with Crippen LogP contribution in [0.4, 0.5) is 0 Å². The summed E-state index contributed by atoms with van der Waals surface area (Å²) in [6.45, 7) is 3.11. The van der Waals surface area contributed by atoms with Crippen molar-refractivity contribution in [3.63, 3.8) is 0 Å². The van der Waals surface area contributed by atoms with E-state index in [1.165, 1.54) is 0 Å². The van der Waals surface area contributed by atoms with Crippen LogP contribution in [0.2, 0.25) is 0 Å². The van der Waals surface area contributed by atoms with Gasteiger partial charge in [-0.05, 0) is 0 Å². The number of hydrogen-bond acceptors (Lipinski definition) is 2. The van der Waals surface area contributed by atoms with Crippen molar-refractivity contribution in [3.05, 3.63) is 0 Å². The predicted molar refractivity (Wildman–Crippen MR) is 39.1 cm³/mol. The van der Waals surface area contributed by atoms with Gasteiger partial charge < -0.3 is 9.47 Å². The molecule has 1 aliphatic heterocycles. The maximum atomic E-state index is 4.94. The molecule has 0 unspecified atom stereocenters. The van der Waals surface area contributed by atoms with E-state index in [0.29, 0.717) is 0 Å². The van der Waals surface area contributed by atoms with Crippen LogP contribution in [0.5, 0.6) is 0 Å². The topological polar surface area (TPSA) is 18.5 Å². The van der Waals surface area contributed by atoms with E-state index in [9.17, 15) is 0 Å². The summed E-state index contributed by atoms with van der Waals surface area (Å²) >= 11 is -0.556. The molecule has 1 saturated heterocycles. The average molecular weight is 232 g/mol. The minimum absolute atomic E-state index is 0.556. The number of halogens is 2. The Balaban J connectivity index is 0.000000187. The molecule has 54 valence electrons. The molecular weight excluding hydrogens is 224 g/mol. The van der Waals surface area contributed by atoms with Crippen molar-refractivity contribution in [2.75, 3.05) is 26.4 Å². The zero-order valence-electron chi connectivity index (χ0n) is 4.90. The summed E-state index contributed by atoms with van der Waals surface area (Å²) in [6, 6.07) is 0. The second-order valence-corrected chi connectivity index (χ2v) is 4.57. The zero-order valence-corrected chi connectivity index (χ0v) is 8.51. The minimum atomic E-state index is -0.556. The molecule has 2 radical (unpaired) electrons. The molecule has 0 amide bonds. The molecule has 1 heterocycles. The molecule has 0 bridgehead atoms. The molecule has 2 nitrogen and oxygen atoms in total. The van der Waals surface area contributed by atoms with Crippen molar-refractivity contribution in [1.82, 2.24) is 0 Å². The van der Waals surface area contributed by atoms with Crippen LogP contribution < -0.4 is 0 Å². The summed E-state index contributed by atoms with van der Waals surface area (Å²) in [5.74, 6) is 0. The van der Waals surface area contributed by atoms with E-state index < -0.39 is 13.6 Å². The Morgan fingerprint density at radius 2 is 1.11 bits per heavy atom. The molecule has 5 heteroatoms. The van der Waals surface area contributed by atoms with Crippen LogP contribution in [-0.4, -0.2) is 40.0 Å². The van der Waals surface area contributed by atoms with Crippen LogP contribution in [0.3, 0.4) is 0 Å². The summed E-state index contributed by atoms with van der Waals surface area (Å²) < 4.78 is 9.89. The third-order valence-electron chi connectivity index (χ3n) is 0.744. The molecule has 0 aromatic carbocycles. The van der Waals surface area contributed by atoms with Gasteiger partial charge in [-0.15, -0.1) is 0 Å². The van der Waals surface area contributed by atoms with Crippen LogP contribution >= 0.6 is 20.0 Å². The van der Waals surface area contributed by atoms with Crippen molar-refractivity contribution in [3.8, 4) is 0 Å². The van der Waals surface area contributed by atoms with Crippen LogP contribution in [-0.2, 0) is 9.47 Å². The second-order valence-electron chi connectivity index (χ2n) is 1.30. The van der Waals surface area contributed by atoms with Gasteiger partial charge in [-0.2, -0.15) is 0 Å². The number of hydrogen-bond donors (Lipinski definition) is 0. The zero-order chi connectivity index (χ0) is 6.95. The summed E-state index contributed by atoms with van der Waals surface area (Å²) in [4.78, 5) is 0. The first-order valence-electron chi connectivity index (χ1n) is 2.53. The maximum absolute atomic E-state index is 4.94. The Bertz CT molecular complexity index is 40.3. The molecule has 1 aliphatic rings. The van der Waals surface area contributed by atoms with Gasteiger partial charge in [0.2, 0.25) is 0 Å². The van der Waals surface area contributed by atoms with Crippen molar-refractivity contribution >= 4 is 33.6 Å². The van der Waals surface area contributed by atoms with Crippen LogP contribution in [0.1, 0.15) is 0 Å². The SMILES string of the molecule is C1COCCO1.[Cl][Ge][Cl]. The molecule has 1 fully saturated rings. The first kappa shape index (κ1) is 10.0. The number of rotatable bonds is 0. The fraction of sp³-hybridized carbons (Fsp3) is 1.00. The molecule has 1 rings (SSSR count). The van der Waals surface area contributed by atoms with Gasteiger partial charge in [0.15, 0.2) is 0 Å². The molecule has 0 aromatic rings. The van der Waals surface area contributed by atoms with Gasteiger partial charge in [-0.1, -0.05) is 0 Å². The van der Waals surface area contributed by atoms with E-state index in [1.807, 2.05) is 0 Å². The normalized spacial score (nSPS) is 18.0. The second kappa shape index (κ2) is 9.04. The van der Waals surface area contributed by atoms with Crippen LogP contribution in [0.15, 0.2) is 0 Å². The van der Waals surface area contributed by atoms with Crippen molar-refractivity contribution in [2.24, 2.45) is 0 Å². The van der Waals surface area contributed by atoms with Gasteiger partial charge in [0.25, 0.3) is 0 Å². The van der Waals surface area contributed by atoms with E-state index in [4.69, 9.17) is 29.5 Å². The summed E-state index contributed by atoms with van der Waals surface area (Å²) in [5.41, 5.74) is 0. The van der Waals surface area contributed by atoms with Gasteiger partial charge in [-0.3, -0.25) is 0 Å². The fourth-order valence-electron chi connectivity index (χ4n) is 0.440. The Morgan fingerprint density at radius 3 is 1.22 bits per heavy atom. The van der Waals surface area contributed by atoms with E-state index in [2.05, 4.69) is 0 Å². The third-order valence-corrected chi connectivity index (χ3v) is 0.744. The predicted octanol–water partition coefficient (Wildman–Crippen LogP) is 1.03. The summed E-state index contributed by atoms with van der Waals surface area (Å²) in [7, 11) is 9.78. The fourth-order valence-corrected chi connectivity index (χ4v) is 0.440. The molecule has 0 saturated carbocycles. The van der Waals surface area contributed by atoms with E-state index in [0.717, 1.165) is 26.4 Å². The molecule has 0 aliphatic carbocycles. The molecule has 0 spiro atoms. The van der Waals surface area contributed by atoms with Gasteiger partial charge in [0, 0.05) is 0 Å². The average Bonchev–Trinajstić information content (AvgIpc) is 1.93. The Labute approximate surface area is 69.6 Å². The quantitative estimate of drug-likeness (QED) is 0.580. The van der Waals surface area contributed by atoms with Gasteiger partial charge in [-0.25, -0.2) is 0 Å². The van der Waals surface area contributed by atoms with Crippen LogP contribution in [0, 0.1) is 0 Å². The molecule has 0 N–H and O–H groups in total. The van der Waals surface area contributed by atoms with Crippen molar-refractivity contribution < 1.29 is 9.47 Å². The van der Waals surface area contributed by atoms with Gasteiger partial charge >= 0.3 is 33.6 Å². The van der Waals surface area contributed by atoms with E-state index >= 15 is 0 Å². The Morgan fingerprint density at radius 1 is 0.889 bits per heavy atom. The van der Waals surface area contributed by atoms with Crippen molar-refractivity contribution in [2.45, 2.75) is 0 Å². The summed E-state index contributed by atoms with van der Waals surface area (Å²) in [6.07, 6.45) is 0.